The van der Waals surface area contributed by atoms with Gasteiger partial charge in [0.1, 0.15) is 11.5 Å². The minimum Gasteiger partial charge on any atom is -0.380 e. The molecule has 3 aromatic rings. The first kappa shape index (κ1) is 19.7. The molecule has 2 aromatic heterocycles. The van der Waals surface area contributed by atoms with Crippen molar-refractivity contribution >= 4 is 28.3 Å². The molecule has 0 aliphatic rings. The van der Waals surface area contributed by atoms with Crippen LogP contribution in [0.3, 0.4) is 0 Å². The molecule has 0 unspecified atom stereocenters. The quantitative estimate of drug-likeness (QED) is 0.653. The van der Waals surface area contributed by atoms with E-state index in [1.807, 2.05) is 24.1 Å². The van der Waals surface area contributed by atoms with E-state index in [4.69, 9.17) is 0 Å². The number of hydrogen-bond acceptors (Lipinski definition) is 4. The highest BCUT2D eigenvalue weighted by molar-refractivity contribution is 5.97. The summed E-state index contributed by atoms with van der Waals surface area (Å²) in [6.07, 6.45) is 1.76. The van der Waals surface area contributed by atoms with Crippen LogP contribution in [-0.4, -0.2) is 54.0 Å². The molecular formula is C21H26FN5O. The Balaban J connectivity index is 1.66. The normalized spacial score (nSPS) is 11.1. The van der Waals surface area contributed by atoms with Gasteiger partial charge in [0.25, 0.3) is 5.91 Å². The number of likely N-dealkylation sites (N-methyl/N-ethyl adjacent to an activating group) is 2. The first-order chi connectivity index (χ1) is 13.3. The van der Waals surface area contributed by atoms with Crippen molar-refractivity contribution in [2.24, 2.45) is 0 Å². The van der Waals surface area contributed by atoms with Gasteiger partial charge in [-0.25, -0.2) is 9.37 Å². The number of carbonyl (C=O) groups excluding carboxylic acids is 1. The first-order valence-corrected chi connectivity index (χ1v) is 9.31. The van der Waals surface area contributed by atoms with Crippen LogP contribution in [0.15, 0.2) is 42.6 Å². The van der Waals surface area contributed by atoms with Crippen LogP contribution in [0.25, 0.3) is 10.9 Å². The van der Waals surface area contributed by atoms with Gasteiger partial charge < -0.3 is 20.1 Å². The third kappa shape index (κ3) is 4.42. The van der Waals surface area contributed by atoms with Gasteiger partial charge in [0.2, 0.25) is 0 Å². The van der Waals surface area contributed by atoms with Gasteiger partial charge in [-0.2, -0.15) is 0 Å². The molecule has 148 valence electrons. The van der Waals surface area contributed by atoms with E-state index in [-0.39, 0.29) is 11.7 Å². The molecule has 1 amide bonds. The lowest BCUT2D eigenvalue weighted by molar-refractivity contribution is 0.0794. The summed E-state index contributed by atoms with van der Waals surface area (Å²) >= 11 is 0. The highest BCUT2D eigenvalue weighted by atomic mass is 19.1. The van der Waals surface area contributed by atoms with Crippen molar-refractivity contribution in [3.63, 3.8) is 0 Å². The van der Waals surface area contributed by atoms with Gasteiger partial charge in [0.05, 0.1) is 5.69 Å². The van der Waals surface area contributed by atoms with Crippen molar-refractivity contribution in [2.75, 3.05) is 37.4 Å². The van der Waals surface area contributed by atoms with E-state index in [1.54, 1.807) is 30.3 Å². The number of aromatic nitrogens is 2. The second-order valence-corrected chi connectivity index (χ2v) is 7.24. The summed E-state index contributed by atoms with van der Waals surface area (Å²) in [5.41, 5.74) is 2.16. The molecule has 0 fully saturated rings. The Morgan fingerprint density at radius 2 is 2.00 bits per heavy atom. The zero-order valence-corrected chi connectivity index (χ0v) is 16.7. The van der Waals surface area contributed by atoms with Crippen LogP contribution in [-0.2, 0) is 0 Å². The van der Waals surface area contributed by atoms with Crippen molar-refractivity contribution in [2.45, 2.75) is 19.9 Å². The highest BCUT2D eigenvalue weighted by Crippen LogP contribution is 2.22. The number of rotatable bonds is 7. The maximum absolute atomic E-state index is 13.4. The number of carbonyl (C=O) groups is 1. The van der Waals surface area contributed by atoms with Gasteiger partial charge in [0, 0.05) is 50.3 Å². The summed E-state index contributed by atoms with van der Waals surface area (Å²) in [7, 11) is 3.71. The number of H-pyrrole nitrogens is 1. The lowest BCUT2D eigenvalue weighted by atomic mass is 10.2. The Hall–Kier alpha value is -3.09. The molecule has 6 nitrogen and oxygen atoms in total. The van der Waals surface area contributed by atoms with Crippen molar-refractivity contribution < 1.29 is 9.18 Å². The molecule has 3 rings (SSSR count). The monoisotopic (exact) mass is 383 g/mol. The zero-order chi connectivity index (χ0) is 20.3. The predicted octanol–water partition coefficient (Wildman–Crippen LogP) is 3.73. The number of amides is 1. The van der Waals surface area contributed by atoms with Crippen LogP contribution in [0.1, 0.15) is 24.3 Å². The summed E-state index contributed by atoms with van der Waals surface area (Å²) in [5, 5.41) is 4.08. The maximum Gasteiger partial charge on any atom is 0.270 e. The van der Waals surface area contributed by atoms with Gasteiger partial charge in [-0.3, -0.25) is 4.79 Å². The number of nitrogens with zero attached hydrogens (tertiary/aromatic N) is 3. The number of fused-ring (bicyclic) bond motifs is 1. The lowest BCUT2D eigenvalue weighted by Crippen LogP contribution is -2.35. The average Bonchev–Trinajstić information content (AvgIpc) is 3.08. The van der Waals surface area contributed by atoms with Gasteiger partial charge >= 0.3 is 0 Å². The fourth-order valence-corrected chi connectivity index (χ4v) is 3.06. The predicted molar refractivity (Wildman–Crippen MR) is 111 cm³/mol. The van der Waals surface area contributed by atoms with Gasteiger partial charge in [-0.1, -0.05) is 0 Å². The zero-order valence-electron chi connectivity index (χ0n) is 16.7. The Morgan fingerprint density at radius 1 is 1.21 bits per heavy atom. The van der Waals surface area contributed by atoms with Crippen LogP contribution in [0.5, 0.6) is 0 Å². The van der Waals surface area contributed by atoms with Crippen molar-refractivity contribution in [1.82, 2.24) is 14.9 Å². The number of nitrogens with one attached hydrogen (secondary N) is 2. The standard InChI is InChI=1S/C21H26FN5O/c1-14(2)24-18-6-5-9-23-20(18)26(3)10-11-27(4)21(28)19-13-15-12-16(22)7-8-17(15)25-19/h5-9,12-14,24-25H,10-11H2,1-4H3. The number of pyridine rings is 1. The topological polar surface area (TPSA) is 64.3 Å². The molecule has 1 aromatic carbocycles. The fraction of sp³-hybridized carbons (Fsp3) is 0.333. The van der Waals surface area contributed by atoms with E-state index in [9.17, 15) is 9.18 Å². The van der Waals surface area contributed by atoms with Gasteiger partial charge in [0.15, 0.2) is 5.82 Å². The van der Waals surface area contributed by atoms with E-state index in [1.165, 1.54) is 12.1 Å². The van der Waals surface area contributed by atoms with E-state index in [0.29, 0.717) is 30.2 Å². The van der Waals surface area contributed by atoms with Gasteiger partial charge in [-0.15, -0.1) is 0 Å². The SMILES string of the molecule is CC(C)Nc1cccnc1N(C)CCN(C)C(=O)c1cc2cc(F)ccc2[nH]1. The molecule has 0 spiro atoms. The van der Waals surface area contributed by atoms with Crippen LogP contribution < -0.4 is 10.2 Å². The molecule has 0 saturated carbocycles. The molecule has 2 N–H and O–H groups in total. The minimum absolute atomic E-state index is 0.133. The second kappa shape index (κ2) is 8.29. The summed E-state index contributed by atoms with van der Waals surface area (Å²) in [5.74, 6) is 0.395. The van der Waals surface area contributed by atoms with Crippen LogP contribution >= 0.6 is 0 Å². The molecular weight excluding hydrogens is 357 g/mol. The van der Waals surface area contributed by atoms with E-state index >= 15 is 0 Å². The molecule has 28 heavy (non-hydrogen) atoms. The van der Waals surface area contributed by atoms with Crippen molar-refractivity contribution in [3.8, 4) is 0 Å². The number of aromatic amines is 1. The highest BCUT2D eigenvalue weighted by Gasteiger charge is 2.16. The Kier molecular flexibility index (Phi) is 5.82. The van der Waals surface area contributed by atoms with Crippen LogP contribution in [0, 0.1) is 5.82 Å². The summed E-state index contributed by atoms with van der Waals surface area (Å²) in [4.78, 5) is 23.9. The minimum atomic E-state index is -0.318. The molecule has 0 bridgehead atoms. The number of benzene rings is 1. The second-order valence-electron chi connectivity index (χ2n) is 7.24. The maximum atomic E-state index is 13.4. The van der Waals surface area contributed by atoms with Crippen LogP contribution in [0.4, 0.5) is 15.9 Å². The summed E-state index contributed by atoms with van der Waals surface area (Å²) in [6.45, 7) is 5.31. The summed E-state index contributed by atoms with van der Waals surface area (Å²) in [6, 6.07) is 10.3. The third-order valence-corrected chi connectivity index (χ3v) is 4.52. The molecule has 0 aliphatic carbocycles. The molecule has 2 heterocycles. The largest absolute Gasteiger partial charge is 0.380 e. The molecule has 0 saturated heterocycles. The van der Waals surface area contributed by atoms with Crippen LogP contribution in [0.2, 0.25) is 0 Å². The Morgan fingerprint density at radius 3 is 2.75 bits per heavy atom. The molecule has 0 radical (unpaired) electrons. The Labute approximate surface area is 164 Å². The van der Waals surface area contributed by atoms with Crippen molar-refractivity contribution in [1.29, 1.82) is 0 Å². The lowest BCUT2D eigenvalue weighted by Gasteiger charge is -2.25. The van der Waals surface area contributed by atoms with Gasteiger partial charge in [-0.05, 0) is 50.2 Å². The molecule has 7 heteroatoms. The number of anilines is 2. The third-order valence-electron chi connectivity index (χ3n) is 4.52. The van der Waals surface area contributed by atoms with Crippen molar-refractivity contribution in [3.05, 3.63) is 54.1 Å². The number of halogens is 1. The summed E-state index contributed by atoms with van der Waals surface area (Å²) < 4.78 is 13.4. The Bertz CT molecular complexity index is 968. The van der Waals surface area contributed by atoms with E-state index in [0.717, 1.165) is 17.0 Å². The molecule has 0 aliphatic heterocycles. The molecule has 0 atom stereocenters. The first-order valence-electron chi connectivity index (χ1n) is 9.31. The number of hydrogen-bond donors (Lipinski definition) is 2. The smallest absolute Gasteiger partial charge is 0.270 e. The van der Waals surface area contributed by atoms with E-state index < -0.39 is 0 Å². The average molecular weight is 383 g/mol. The van der Waals surface area contributed by atoms with E-state index in [2.05, 4.69) is 29.1 Å². The fourth-order valence-electron chi connectivity index (χ4n) is 3.06.